The fourth-order valence-electron chi connectivity index (χ4n) is 2.01. The first-order valence-corrected chi connectivity index (χ1v) is 5.23. The molecule has 2 rings (SSSR count). The van der Waals surface area contributed by atoms with Crippen LogP contribution in [0.2, 0.25) is 0 Å². The van der Waals surface area contributed by atoms with Gasteiger partial charge in [-0.25, -0.2) is 4.79 Å². The molecule has 1 aliphatic heterocycles. The second-order valence-corrected chi connectivity index (χ2v) is 4.03. The van der Waals surface area contributed by atoms with Crippen molar-refractivity contribution in [3.05, 3.63) is 23.7 Å². The van der Waals surface area contributed by atoms with Crippen LogP contribution in [0.1, 0.15) is 36.1 Å². The number of carbonyl (C=O) groups is 1. The Morgan fingerprint density at radius 2 is 2.47 bits per heavy atom. The van der Waals surface area contributed by atoms with Crippen molar-refractivity contribution in [2.24, 2.45) is 0 Å². The van der Waals surface area contributed by atoms with Crippen LogP contribution < -0.4 is 0 Å². The van der Waals surface area contributed by atoms with Crippen molar-refractivity contribution in [2.75, 3.05) is 6.54 Å². The van der Waals surface area contributed by atoms with E-state index in [2.05, 4.69) is 11.8 Å². The van der Waals surface area contributed by atoms with Gasteiger partial charge in [0.25, 0.3) is 0 Å². The minimum Gasteiger partial charge on any atom is -0.475 e. The third-order valence-corrected chi connectivity index (χ3v) is 2.92. The van der Waals surface area contributed by atoms with Crippen LogP contribution in [0.15, 0.2) is 16.5 Å². The SMILES string of the molecule is CC1CCCN1Cc1ccc(C(=O)O)o1. The molecule has 0 aromatic carbocycles. The predicted molar refractivity (Wildman–Crippen MR) is 54.8 cm³/mol. The van der Waals surface area contributed by atoms with E-state index < -0.39 is 5.97 Å². The number of carboxylic acid groups (broad SMARTS) is 1. The van der Waals surface area contributed by atoms with Gasteiger partial charge in [0.1, 0.15) is 5.76 Å². The van der Waals surface area contributed by atoms with Crippen LogP contribution in [0.3, 0.4) is 0 Å². The molecule has 0 radical (unpaired) electrons. The normalized spacial score (nSPS) is 22.1. The van der Waals surface area contributed by atoms with Crippen molar-refractivity contribution in [3.8, 4) is 0 Å². The average Bonchev–Trinajstić information content (AvgIpc) is 2.77. The van der Waals surface area contributed by atoms with E-state index in [1.165, 1.54) is 18.9 Å². The lowest BCUT2D eigenvalue weighted by atomic mass is 10.2. The van der Waals surface area contributed by atoms with Crippen LogP contribution in [0.25, 0.3) is 0 Å². The summed E-state index contributed by atoms with van der Waals surface area (Å²) in [4.78, 5) is 12.9. The molecule has 2 heterocycles. The van der Waals surface area contributed by atoms with Gasteiger partial charge in [0, 0.05) is 6.04 Å². The molecule has 0 spiro atoms. The van der Waals surface area contributed by atoms with Gasteiger partial charge in [0.15, 0.2) is 0 Å². The summed E-state index contributed by atoms with van der Waals surface area (Å²) in [6.45, 7) is 3.98. The molecule has 4 nitrogen and oxygen atoms in total. The van der Waals surface area contributed by atoms with Crippen molar-refractivity contribution >= 4 is 5.97 Å². The molecule has 0 bridgehead atoms. The summed E-state index contributed by atoms with van der Waals surface area (Å²) >= 11 is 0. The molecule has 1 atom stereocenters. The van der Waals surface area contributed by atoms with E-state index in [1.807, 2.05) is 0 Å². The molecule has 0 saturated carbocycles. The number of hydrogen-bond donors (Lipinski definition) is 1. The number of hydrogen-bond acceptors (Lipinski definition) is 3. The Bertz CT molecular complexity index is 358. The lowest BCUT2D eigenvalue weighted by Crippen LogP contribution is -2.25. The fraction of sp³-hybridized carbons (Fsp3) is 0.545. The average molecular weight is 209 g/mol. The maximum absolute atomic E-state index is 10.6. The van der Waals surface area contributed by atoms with Crippen LogP contribution in [0.5, 0.6) is 0 Å². The Hall–Kier alpha value is -1.29. The zero-order valence-corrected chi connectivity index (χ0v) is 8.77. The zero-order chi connectivity index (χ0) is 10.8. The monoisotopic (exact) mass is 209 g/mol. The van der Waals surface area contributed by atoms with Gasteiger partial charge in [-0.2, -0.15) is 0 Å². The Morgan fingerprint density at radius 3 is 3.00 bits per heavy atom. The molecule has 0 aliphatic carbocycles. The highest BCUT2D eigenvalue weighted by Gasteiger charge is 2.21. The highest BCUT2D eigenvalue weighted by atomic mass is 16.4. The first kappa shape index (κ1) is 10.2. The molecule has 1 unspecified atom stereocenters. The number of carboxylic acids is 1. The molecule has 1 N–H and O–H groups in total. The van der Waals surface area contributed by atoms with Gasteiger partial charge >= 0.3 is 5.97 Å². The van der Waals surface area contributed by atoms with E-state index in [-0.39, 0.29) is 5.76 Å². The van der Waals surface area contributed by atoms with E-state index in [4.69, 9.17) is 9.52 Å². The lowest BCUT2D eigenvalue weighted by molar-refractivity contribution is 0.0658. The van der Waals surface area contributed by atoms with Crippen molar-refractivity contribution in [2.45, 2.75) is 32.4 Å². The fourth-order valence-corrected chi connectivity index (χ4v) is 2.01. The minimum absolute atomic E-state index is 0.0249. The maximum atomic E-state index is 10.6. The van der Waals surface area contributed by atoms with Crippen LogP contribution in [-0.4, -0.2) is 28.6 Å². The highest BCUT2D eigenvalue weighted by Crippen LogP contribution is 2.20. The van der Waals surface area contributed by atoms with Crippen molar-refractivity contribution in [1.29, 1.82) is 0 Å². The summed E-state index contributed by atoms with van der Waals surface area (Å²) in [6, 6.07) is 3.83. The van der Waals surface area contributed by atoms with Crippen molar-refractivity contribution < 1.29 is 14.3 Å². The van der Waals surface area contributed by atoms with Crippen LogP contribution in [0.4, 0.5) is 0 Å². The summed E-state index contributed by atoms with van der Waals surface area (Å²) < 4.78 is 5.21. The maximum Gasteiger partial charge on any atom is 0.371 e. The van der Waals surface area contributed by atoms with Gasteiger partial charge in [0.2, 0.25) is 5.76 Å². The molecular weight excluding hydrogens is 194 g/mol. The number of aromatic carboxylic acids is 1. The minimum atomic E-state index is -1.00. The highest BCUT2D eigenvalue weighted by molar-refractivity contribution is 5.84. The van der Waals surface area contributed by atoms with Gasteiger partial charge in [-0.15, -0.1) is 0 Å². The predicted octanol–water partition coefficient (Wildman–Crippen LogP) is 1.96. The van der Waals surface area contributed by atoms with Crippen LogP contribution in [-0.2, 0) is 6.54 Å². The smallest absolute Gasteiger partial charge is 0.371 e. The van der Waals surface area contributed by atoms with E-state index in [0.29, 0.717) is 12.6 Å². The summed E-state index contributed by atoms with van der Waals surface area (Å²) in [5, 5.41) is 8.70. The first-order chi connectivity index (χ1) is 7.16. The summed E-state index contributed by atoms with van der Waals surface area (Å²) in [5.41, 5.74) is 0. The lowest BCUT2D eigenvalue weighted by Gasteiger charge is -2.18. The molecule has 1 saturated heterocycles. The van der Waals surface area contributed by atoms with Crippen molar-refractivity contribution in [3.63, 3.8) is 0 Å². The molecule has 1 aromatic heterocycles. The van der Waals surface area contributed by atoms with Gasteiger partial charge in [-0.3, -0.25) is 4.90 Å². The zero-order valence-electron chi connectivity index (χ0n) is 8.77. The van der Waals surface area contributed by atoms with Gasteiger partial charge in [-0.1, -0.05) is 0 Å². The third-order valence-electron chi connectivity index (χ3n) is 2.92. The van der Waals surface area contributed by atoms with E-state index in [0.717, 1.165) is 12.3 Å². The number of furan rings is 1. The van der Waals surface area contributed by atoms with Crippen LogP contribution in [0, 0.1) is 0 Å². The topological polar surface area (TPSA) is 53.7 Å². The molecule has 82 valence electrons. The Balaban J connectivity index is 2.01. The standard InChI is InChI=1S/C11H15NO3/c1-8-3-2-6-12(8)7-9-4-5-10(15-9)11(13)14/h4-5,8H,2-3,6-7H2,1H3,(H,13,14). The van der Waals surface area contributed by atoms with E-state index >= 15 is 0 Å². The Morgan fingerprint density at radius 1 is 1.67 bits per heavy atom. The first-order valence-electron chi connectivity index (χ1n) is 5.23. The molecule has 1 aliphatic rings. The van der Waals surface area contributed by atoms with Crippen LogP contribution >= 0.6 is 0 Å². The number of rotatable bonds is 3. The molecule has 0 amide bonds. The summed E-state index contributed by atoms with van der Waals surface area (Å²) in [6.07, 6.45) is 2.43. The van der Waals surface area contributed by atoms with E-state index in [1.54, 1.807) is 6.07 Å². The molecule has 1 fully saturated rings. The summed E-state index contributed by atoms with van der Waals surface area (Å²) in [5.74, 6) is -0.242. The number of nitrogens with zero attached hydrogens (tertiary/aromatic N) is 1. The van der Waals surface area contributed by atoms with E-state index in [9.17, 15) is 4.79 Å². The second kappa shape index (κ2) is 4.06. The van der Waals surface area contributed by atoms with Crippen molar-refractivity contribution in [1.82, 2.24) is 4.90 Å². The number of likely N-dealkylation sites (tertiary alicyclic amines) is 1. The molecule has 1 aromatic rings. The van der Waals surface area contributed by atoms with Gasteiger partial charge < -0.3 is 9.52 Å². The Kier molecular flexibility index (Phi) is 2.77. The molecular formula is C11H15NO3. The Labute approximate surface area is 88.5 Å². The quantitative estimate of drug-likeness (QED) is 0.826. The molecule has 15 heavy (non-hydrogen) atoms. The summed E-state index contributed by atoms with van der Waals surface area (Å²) in [7, 11) is 0. The molecule has 4 heteroatoms. The largest absolute Gasteiger partial charge is 0.475 e. The third kappa shape index (κ3) is 2.21. The second-order valence-electron chi connectivity index (χ2n) is 4.03. The van der Waals surface area contributed by atoms with Gasteiger partial charge in [-0.05, 0) is 38.4 Å². The van der Waals surface area contributed by atoms with Gasteiger partial charge in [0.05, 0.1) is 6.54 Å².